The molecule has 4 amide bonds. The summed E-state index contributed by atoms with van der Waals surface area (Å²) in [6.07, 6.45) is -0.00986. The van der Waals surface area contributed by atoms with Crippen LogP contribution in [0.2, 0.25) is 0 Å². The van der Waals surface area contributed by atoms with Crippen LogP contribution in [-0.2, 0) is 14.4 Å². The molecule has 1 heterocycles. The van der Waals surface area contributed by atoms with E-state index >= 15 is 0 Å². The minimum atomic E-state index is -1.23. The van der Waals surface area contributed by atoms with Crippen LogP contribution < -0.4 is 24.4 Å². The van der Waals surface area contributed by atoms with Crippen LogP contribution in [0.3, 0.4) is 0 Å². The minimum absolute atomic E-state index is 0.0322. The highest BCUT2D eigenvalue weighted by Crippen LogP contribution is 2.34. The maximum atomic E-state index is 13.2. The molecule has 3 rings (SSSR count). The molecular weight excluding hydrogens is 432 g/mol. The molecule has 1 fully saturated rings. The van der Waals surface area contributed by atoms with E-state index in [1.54, 1.807) is 31.2 Å². The number of hydrogen-bond acceptors (Lipinski definition) is 7. The topological polar surface area (TPSA) is 131 Å². The zero-order valence-electron chi connectivity index (χ0n) is 18.2. The van der Waals surface area contributed by atoms with E-state index in [2.05, 4.69) is 5.32 Å². The number of urea groups is 1. The molecule has 2 aromatic carbocycles. The third kappa shape index (κ3) is 4.95. The van der Waals surface area contributed by atoms with Gasteiger partial charge in [0.2, 0.25) is 0 Å². The highest BCUT2D eigenvalue weighted by atomic mass is 16.5. The van der Waals surface area contributed by atoms with Crippen LogP contribution in [0.4, 0.5) is 10.5 Å². The van der Waals surface area contributed by atoms with Crippen molar-refractivity contribution in [2.24, 2.45) is 0 Å². The van der Waals surface area contributed by atoms with Crippen molar-refractivity contribution in [2.75, 3.05) is 18.6 Å². The number of carboxylic acid groups (broad SMARTS) is 1. The average Bonchev–Trinajstić information content (AvgIpc) is 2.77. The van der Waals surface area contributed by atoms with Crippen molar-refractivity contribution < 1.29 is 38.5 Å². The molecule has 10 nitrogen and oxygen atoms in total. The Morgan fingerprint density at radius 1 is 1.18 bits per heavy atom. The molecule has 0 saturated carbocycles. The van der Waals surface area contributed by atoms with Crippen molar-refractivity contribution in [3.63, 3.8) is 0 Å². The van der Waals surface area contributed by atoms with Crippen LogP contribution in [-0.4, -0.2) is 48.7 Å². The van der Waals surface area contributed by atoms with Gasteiger partial charge in [-0.1, -0.05) is 18.2 Å². The predicted molar refractivity (Wildman–Crippen MR) is 117 cm³/mol. The summed E-state index contributed by atoms with van der Waals surface area (Å²) >= 11 is 0. The highest BCUT2D eigenvalue weighted by molar-refractivity contribution is 6.39. The first-order valence-corrected chi connectivity index (χ1v) is 9.97. The number of para-hydroxylation sites is 1. The van der Waals surface area contributed by atoms with Crippen molar-refractivity contribution in [3.05, 3.63) is 53.6 Å². The second-order valence-electron chi connectivity index (χ2n) is 6.87. The molecule has 0 radical (unpaired) electrons. The number of hydrogen-bond donors (Lipinski definition) is 2. The second kappa shape index (κ2) is 9.86. The molecule has 1 saturated heterocycles. The fourth-order valence-corrected chi connectivity index (χ4v) is 3.09. The molecule has 10 heteroatoms. The third-order valence-electron chi connectivity index (χ3n) is 4.66. The van der Waals surface area contributed by atoms with E-state index in [1.807, 2.05) is 0 Å². The Labute approximate surface area is 189 Å². The van der Waals surface area contributed by atoms with Gasteiger partial charge in [0.1, 0.15) is 11.3 Å². The molecule has 0 aromatic heterocycles. The van der Waals surface area contributed by atoms with Crippen molar-refractivity contribution in [1.82, 2.24) is 5.32 Å². The Kier molecular flexibility index (Phi) is 6.97. The molecule has 0 aliphatic carbocycles. The fraction of sp³-hybridized carbons (Fsp3) is 0.217. The van der Waals surface area contributed by atoms with E-state index in [9.17, 15) is 24.3 Å². The van der Waals surface area contributed by atoms with Gasteiger partial charge in [0.05, 0.1) is 19.4 Å². The Morgan fingerprint density at radius 3 is 2.58 bits per heavy atom. The van der Waals surface area contributed by atoms with Crippen LogP contribution in [0.15, 0.2) is 48.0 Å². The lowest BCUT2D eigenvalue weighted by molar-refractivity contribution is -0.144. The molecule has 2 aromatic rings. The number of methoxy groups -OCH3 is 1. The van der Waals surface area contributed by atoms with Crippen molar-refractivity contribution in [2.45, 2.75) is 20.0 Å². The molecule has 1 atom stereocenters. The summed E-state index contributed by atoms with van der Waals surface area (Å²) in [6.45, 7) is 3.51. The minimum Gasteiger partial charge on any atom is -0.494 e. The summed E-state index contributed by atoms with van der Waals surface area (Å²) in [6, 6.07) is 10.1. The van der Waals surface area contributed by atoms with Gasteiger partial charge in [-0.3, -0.25) is 14.9 Å². The normalized spacial score (nSPS) is 15.8. The molecule has 0 spiro atoms. The molecule has 1 aliphatic heterocycles. The number of nitrogens with one attached hydrogen (secondary N) is 1. The number of carbonyl (C=O) groups excluding carboxylic acids is 3. The van der Waals surface area contributed by atoms with Crippen molar-refractivity contribution in [3.8, 4) is 17.2 Å². The maximum absolute atomic E-state index is 13.2. The lowest BCUT2D eigenvalue weighted by Gasteiger charge is -2.27. The summed E-state index contributed by atoms with van der Waals surface area (Å²) in [5, 5.41) is 11.3. The lowest BCUT2D eigenvalue weighted by Crippen LogP contribution is -2.54. The third-order valence-corrected chi connectivity index (χ3v) is 4.66. The van der Waals surface area contributed by atoms with Gasteiger partial charge in [-0.05, 0) is 38.1 Å². The van der Waals surface area contributed by atoms with Gasteiger partial charge in [0.15, 0.2) is 17.6 Å². The Bertz CT molecular complexity index is 1140. The number of imide groups is 2. The van der Waals surface area contributed by atoms with Gasteiger partial charge in [-0.2, -0.15) is 0 Å². The van der Waals surface area contributed by atoms with Gasteiger partial charge >= 0.3 is 12.0 Å². The standard InChI is InChI=1S/C23H22N2O8/c1-4-32-16-9-6-8-15(12-16)25-21(27)17(20(26)24-23(25)30)11-14-7-5-10-18(31-3)19(14)33-13(2)22(28)29/h5-13H,4H2,1-3H3,(H,28,29)(H,24,26,30)/b17-11+/t13-/m1/s1. The highest BCUT2D eigenvalue weighted by Gasteiger charge is 2.37. The van der Waals surface area contributed by atoms with Gasteiger partial charge in [0.25, 0.3) is 11.8 Å². The molecule has 2 N–H and O–H groups in total. The number of aliphatic carboxylic acids is 1. The summed E-state index contributed by atoms with van der Waals surface area (Å²) in [4.78, 5) is 50.3. The van der Waals surface area contributed by atoms with Crippen LogP contribution >= 0.6 is 0 Å². The zero-order chi connectivity index (χ0) is 24.1. The van der Waals surface area contributed by atoms with E-state index in [1.165, 1.54) is 38.3 Å². The molecule has 0 bridgehead atoms. The van der Waals surface area contributed by atoms with Crippen LogP contribution in [0.1, 0.15) is 19.4 Å². The number of anilines is 1. The van der Waals surface area contributed by atoms with Crippen LogP contribution in [0.5, 0.6) is 17.2 Å². The quantitative estimate of drug-likeness (QED) is 0.460. The number of amides is 4. The van der Waals surface area contributed by atoms with Gasteiger partial charge in [-0.25, -0.2) is 14.5 Å². The van der Waals surface area contributed by atoms with Crippen molar-refractivity contribution in [1.29, 1.82) is 0 Å². The molecule has 0 unspecified atom stereocenters. The largest absolute Gasteiger partial charge is 0.494 e. The smallest absolute Gasteiger partial charge is 0.344 e. The number of benzene rings is 2. The average molecular weight is 454 g/mol. The van der Waals surface area contributed by atoms with Gasteiger partial charge in [0, 0.05) is 11.6 Å². The number of rotatable bonds is 8. The van der Waals surface area contributed by atoms with Crippen molar-refractivity contribution >= 4 is 35.6 Å². The number of nitrogens with zero attached hydrogens (tertiary/aromatic N) is 1. The monoisotopic (exact) mass is 454 g/mol. The van der Waals surface area contributed by atoms with E-state index in [4.69, 9.17) is 14.2 Å². The van der Waals surface area contributed by atoms with Crippen LogP contribution in [0.25, 0.3) is 6.08 Å². The number of ether oxygens (including phenoxy) is 3. The van der Waals surface area contributed by atoms with E-state index in [0.29, 0.717) is 12.4 Å². The Hall–Kier alpha value is -4.34. The lowest BCUT2D eigenvalue weighted by atomic mass is 10.1. The first-order valence-electron chi connectivity index (χ1n) is 9.97. The molecular formula is C23H22N2O8. The van der Waals surface area contributed by atoms with E-state index < -0.39 is 29.9 Å². The predicted octanol–water partition coefficient (Wildman–Crippen LogP) is 2.61. The number of barbiturate groups is 1. The summed E-state index contributed by atoms with van der Waals surface area (Å²) in [5.74, 6) is -2.29. The van der Waals surface area contributed by atoms with Crippen LogP contribution in [0, 0.1) is 0 Å². The fourth-order valence-electron chi connectivity index (χ4n) is 3.09. The SMILES string of the molecule is CCOc1cccc(N2C(=O)NC(=O)/C(=C\c3cccc(OC)c3O[C@H](C)C(=O)O)C2=O)c1. The maximum Gasteiger partial charge on any atom is 0.344 e. The van der Waals surface area contributed by atoms with Gasteiger partial charge < -0.3 is 19.3 Å². The summed E-state index contributed by atoms with van der Waals surface area (Å²) < 4.78 is 16.2. The number of carboxylic acids is 1. The first kappa shape index (κ1) is 23.3. The van der Waals surface area contributed by atoms with Gasteiger partial charge in [-0.15, -0.1) is 0 Å². The first-order chi connectivity index (χ1) is 15.8. The Morgan fingerprint density at radius 2 is 1.91 bits per heavy atom. The van der Waals surface area contributed by atoms with E-state index in [-0.39, 0.29) is 28.3 Å². The van der Waals surface area contributed by atoms with E-state index in [0.717, 1.165) is 4.90 Å². The molecule has 172 valence electrons. The Balaban J connectivity index is 2.05. The molecule has 33 heavy (non-hydrogen) atoms. The second-order valence-corrected chi connectivity index (χ2v) is 6.87. The summed E-state index contributed by atoms with van der Waals surface area (Å²) in [5.41, 5.74) is 0.0827. The zero-order valence-corrected chi connectivity index (χ0v) is 18.2. The molecule has 1 aliphatic rings. The number of carbonyl (C=O) groups is 4. The summed E-state index contributed by atoms with van der Waals surface area (Å²) in [7, 11) is 1.37.